The zero-order chi connectivity index (χ0) is 109. The van der Waals surface area contributed by atoms with Crippen molar-refractivity contribution in [2.45, 2.75) is 54.9 Å². The lowest BCUT2D eigenvalue weighted by Gasteiger charge is -2.25. The van der Waals surface area contributed by atoms with E-state index in [0.29, 0.717) is 0 Å². The number of carbonyl (C=O) groups is 6. The number of nitrogens with two attached hydrogens (primary N) is 1. The number of hydrogen-bond donors (Lipinski definition) is 5. The highest BCUT2D eigenvalue weighted by Crippen LogP contribution is 2.35. The Morgan fingerprint density at radius 3 is 0.993 bits per heavy atom. The Hall–Kier alpha value is -3.79. The first-order chi connectivity index (χ1) is 63.5. The Morgan fingerprint density at radius 2 is 0.743 bits per heavy atom. The maximum Gasteiger partial charge on any atom is 0.550 e. The van der Waals surface area contributed by atoms with E-state index in [4.69, 9.17) is 28.9 Å². The van der Waals surface area contributed by atoms with Gasteiger partial charge in [0.15, 0.2) is 30.2 Å². The molecule has 140 heavy (non-hydrogen) atoms. The van der Waals surface area contributed by atoms with Gasteiger partial charge in [-0.15, -0.1) is 113 Å². The van der Waals surface area contributed by atoms with Gasteiger partial charge in [0.25, 0.3) is 0 Å². The molecule has 3 aromatic carbocycles. The van der Waals surface area contributed by atoms with Gasteiger partial charge in [0.2, 0.25) is 24.6 Å². The Kier molecular flexibility index (Phi) is 76.1. The van der Waals surface area contributed by atoms with Gasteiger partial charge < -0.3 is 20.8 Å². The van der Waals surface area contributed by atoms with Crippen molar-refractivity contribution in [3.8, 4) is 11.5 Å². The molecule has 0 heterocycles. The average molecular weight is 2770 g/mol. The van der Waals surface area contributed by atoms with Crippen LogP contribution in [0.15, 0.2) is 121 Å². The van der Waals surface area contributed by atoms with Crippen molar-refractivity contribution in [2.75, 3.05) is 122 Å². The third-order valence-corrected chi connectivity index (χ3v) is 22.9. The fraction of sp³-hybridized carbons (Fsp3) is 0.444. The molecule has 1 aliphatic rings. The van der Waals surface area contributed by atoms with Crippen molar-refractivity contribution in [1.82, 2.24) is 26.7 Å². The second-order valence-corrected chi connectivity index (χ2v) is 39.3. The second-order valence-electron chi connectivity index (χ2n) is 22.5. The van der Waals surface area contributed by atoms with Gasteiger partial charge >= 0.3 is 122 Å². The minimum atomic E-state index is -6.20. The van der Waals surface area contributed by atoms with Crippen LogP contribution in [0, 0.1) is 0 Å². The van der Waals surface area contributed by atoms with Crippen LogP contribution in [-0.2, 0) is 109 Å². The Balaban J connectivity index is -0.000000391. The molecule has 0 atom stereocenters. The summed E-state index contributed by atoms with van der Waals surface area (Å²) in [5, 5.41) is 17.6. The van der Waals surface area contributed by atoms with Crippen molar-refractivity contribution in [2.24, 2.45) is 5.73 Å². The molecular formula is C63H71Br7Cl4F24N9O25S8+. The van der Waals surface area contributed by atoms with Crippen molar-refractivity contribution in [3.05, 3.63) is 138 Å². The summed E-state index contributed by atoms with van der Waals surface area (Å²) in [7, 11) is -14.6. The summed E-state index contributed by atoms with van der Waals surface area (Å²) in [6, 6.07) is 23.0. The predicted molar refractivity (Wildman–Crippen MR) is 493 cm³/mol. The number of phenolic OH excluding ortho intramolecular Hbond substituents is 2. The first kappa shape index (κ1) is 147. The molecule has 77 heteroatoms. The molecule has 6 N–H and O–H groups in total. The van der Waals surface area contributed by atoms with Gasteiger partial charge in [-0.05, 0) is 105 Å². The number of anilines is 1. The molecule has 810 valence electrons. The Bertz CT molecular complexity index is 4690. The highest BCUT2D eigenvalue weighted by molar-refractivity contribution is 9.10. The molecule has 3 aromatic rings. The zero-order valence-electron chi connectivity index (χ0n) is 68.6. The van der Waals surface area contributed by atoms with Gasteiger partial charge in [-0.2, -0.15) is 73.1 Å². The zero-order valence-corrected chi connectivity index (χ0v) is 89.3. The molecule has 0 fully saturated rings. The van der Waals surface area contributed by atoms with E-state index in [2.05, 4.69) is 251 Å². The van der Waals surface area contributed by atoms with E-state index in [1.807, 2.05) is 52.5 Å². The molecular weight excluding hydrogens is 2700 g/mol. The van der Waals surface area contributed by atoms with E-state index in [-0.39, 0.29) is 67.3 Å². The summed E-state index contributed by atoms with van der Waals surface area (Å²) < 4.78 is 390. The fourth-order valence-electron chi connectivity index (χ4n) is 6.94. The molecule has 4 rings (SSSR count). The highest BCUT2D eigenvalue weighted by Gasteiger charge is 2.55. The molecule has 0 aliphatic heterocycles. The molecule has 0 saturated carbocycles. The Morgan fingerprint density at radius 1 is 0.450 bits per heavy atom. The SMILES string of the molecule is C.CN(C)c1ccc(/C(=C\C=CC(=C2C=CC(=[N+](C)C)C=C2)c2ccc(O)cc2)c2ccc(O)cc2)cc1.ClCCl.FC(F)(F)OOSOSOOC(F)(F)F.NCCBr.O=C(C(=O)N(CCBr)S(=O)(=O)C(F)(F)F)N(CCBr)SOOC(F)(F)F.O=C(C(=O)N(CCBr)S(=O)(=O)C(F)(F)F)N(CCBr)SOOC(F)(F)F.O=C(Cl)C(=O)Cl.O=S(=O)(NCCBr)C(F)(F)F.O=S(=O)(NCCBr)C(F)(F)F. The molecule has 0 spiro atoms. The minimum absolute atomic E-state index is 0. The van der Waals surface area contributed by atoms with E-state index in [0.717, 1.165) is 56.7 Å². The molecule has 34 nitrogen and oxygen atoms in total. The van der Waals surface area contributed by atoms with Crippen LogP contribution in [0.4, 0.5) is 111 Å². The number of allylic oxidation sites excluding steroid dienone is 9. The number of alkyl halides is 33. The first-order valence-electron chi connectivity index (χ1n) is 34.1. The largest absolute Gasteiger partial charge is 0.550 e. The standard InChI is InChI=1S/C33H32N2O2.2C8H8Br2F6N2O6S2.2C3H5BrF3NO2S.C2H6BrN.C2Cl2O2.C2F6O5S2.CH2Cl2.CH4/c1-34(2)28-16-8-24(9-17-28)32(26-12-20-30(36)21-13-26)6-5-7-33(27-14-22-31(37)23-15-27)25-10-18-29(19-11-25)35(3)4;2*9-1-3-17(25-24-23-7(11,12)13)5(19)6(20)18(4-2-10)26(21,22)8(14,15)16;2*4-1-2-8-11(9,10)3(5,6)7;3-1-2-4;3-1(5)2(4)6;3-1(4,5)9-11-14-13-15-12-10-2(6,7)8;2-1-3;/h5-23H,1-4H3,(H,36,37);2*1-4H2;2*8H,1-2H2;1-2,4H2;;;1H2;1H4/p+1. The molecule has 4 amide bonds. The van der Waals surface area contributed by atoms with E-state index in [9.17, 15) is 178 Å². The number of aromatic hydroxyl groups is 2. The first-order valence-corrected chi connectivity index (χ1v) is 52.3. The van der Waals surface area contributed by atoms with Crippen molar-refractivity contribution in [3.63, 3.8) is 0 Å². The van der Waals surface area contributed by atoms with Gasteiger partial charge in [-0.3, -0.25) is 37.4 Å². The third-order valence-electron chi connectivity index (χ3n) is 12.4. The van der Waals surface area contributed by atoms with Crippen LogP contribution in [-0.4, -0.2) is 270 Å². The van der Waals surface area contributed by atoms with Gasteiger partial charge in [0.1, 0.15) is 25.6 Å². The number of nitrogens with one attached hydrogen (secondary N) is 2. The molecule has 0 aromatic heterocycles. The second kappa shape index (κ2) is 72.6. The molecule has 0 bridgehead atoms. The number of sulfonamides is 4. The lowest BCUT2D eigenvalue weighted by Crippen LogP contribution is -2.50. The lowest BCUT2D eigenvalue weighted by atomic mass is 9.94. The van der Waals surface area contributed by atoms with Crippen molar-refractivity contribution < 1.29 is 223 Å². The van der Waals surface area contributed by atoms with Crippen molar-refractivity contribution >= 4 is 304 Å². The van der Waals surface area contributed by atoms with Crippen LogP contribution in [0.3, 0.4) is 0 Å². The molecule has 0 unspecified atom stereocenters. The monoisotopic (exact) mass is 2760 g/mol. The van der Waals surface area contributed by atoms with Crippen LogP contribution in [0.5, 0.6) is 11.5 Å². The molecule has 0 saturated heterocycles. The van der Waals surface area contributed by atoms with Crippen molar-refractivity contribution in [1.29, 1.82) is 0 Å². The molecule has 1 aliphatic carbocycles. The normalized spacial score (nSPS) is 12.5. The fourth-order valence-corrected chi connectivity index (χ4v) is 14.5. The number of phenols is 2. The van der Waals surface area contributed by atoms with Gasteiger partial charge in [0, 0.05) is 115 Å². The van der Waals surface area contributed by atoms with E-state index >= 15 is 0 Å². The number of amides is 4. The topological polar surface area (TPSA) is 432 Å². The maximum absolute atomic E-state index is 12.6. The van der Waals surface area contributed by atoms with Crippen LogP contribution >= 0.6 is 207 Å². The smallest absolute Gasteiger partial charge is 0.508 e. The van der Waals surface area contributed by atoms with Crippen LogP contribution in [0.1, 0.15) is 24.1 Å². The number of rotatable bonds is 36. The predicted octanol–water partition coefficient (Wildman–Crippen LogP) is 18.7. The maximum atomic E-state index is 12.6. The van der Waals surface area contributed by atoms with Crippen LogP contribution in [0.25, 0.3) is 11.1 Å². The summed E-state index contributed by atoms with van der Waals surface area (Å²) in [5.41, 5.74) is -8.64. The van der Waals surface area contributed by atoms with Gasteiger partial charge in [0.05, 0.1) is 5.34 Å². The van der Waals surface area contributed by atoms with E-state index in [1.54, 1.807) is 24.3 Å². The Labute approximate surface area is 877 Å². The number of hydrogen-bond acceptors (Lipinski definition) is 31. The van der Waals surface area contributed by atoms with Gasteiger partial charge in [-0.25, -0.2) is 39.5 Å². The van der Waals surface area contributed by atoms with E-state index < -0.39 is 216 Å². The number of halogens is 35. The summed E-state index contributed by atoms with van der Waals surface area (Å²) >= 11 is 36.2. The lowest BCUT2D eigenvalue weighted by molar-refractivity contribution is -0.462. The van der Waals surface area contributed by atoms with E-state index in [1.165, 1.54) is 9.44 Å². The summed E-state index contributed by atoms with van der Waals surface area (Å²) in [4.78, 5) is 79.7. The summed E-state index contributed by atoms with van der Waals surface area (Å²) in [5.74, 6) is -7.57. The number of benzene rings is 3. The third kappa shape index (κ3) is 65.1. The van der Waals surface area contributed by atoms with Crippen LogP contribution in [0.2, 0.25) is 0 Å². The minimum Gasteiger partial charge on any atom is -0.508 e. The van der Waals surface area contributed by atoms with Crippen LogP contribution < -0.4 is 20.1 Å². The summed E-state index contributed by atoms with van der Waals surface area (Å²) in [6.07, 6.45) is -5.92. The molecule has 0 radical (unpaired) electrons. The van der Waals surface area contributed by atoms with Gasteiger partial charge in [-0.1, -0.05) is 174 Å². The quantitative estimate of drug-likeness (QED) is 0.00308. The summed E-state index contributed by atoms with van der Waals surface area (Å²) in [6.45, 7) is -3.00. The average Bonchev–Trinajstić information content (AvgIpc) is 0.785. The highest BCUT2D eigenvalue weighted by atomic mass is 79.9. The number of nitrogens with zero attached hydrogens (tertiary/aromatic N) is 6. The number of carbonyl (C=O) groups excluding carboxylic acids is 6.